The number of hydrogen-bond acceptors (Lipinski definition) is 5. The van der Waals surface area contributed by atoms with Crippen LogP contribution in [0, 0.1) is 13.8 Å². The summed E-state index contributed by atoms with van der Waals surface area (Å²) in [6.45, 7) is 3.95. The minimum atomic E-state index is -0.563. The Morgan fingerprint density at radius 1 is 0.885 bits per heavy atom. The third-order valence-corrected chi connectivity index (χ3v) is 4.73. The van der Waals surface area contributed by atoms with Crippen LogP contribution >= 0.6 is 11.6 Å². The number of aryl methyl sites for hydroxylation is 2. The van der Waals surface area contributed by atoms with Crippen LogP contribution in [0.15, 0.2) is 39.9 Å². The van der Waals surface area contributed by atoms with Crippen molar-refractivity contribution in [2.45, 2.75) is 13.8 Å². The third-order valence-electron chi connectivity index (χ3n) is 4.44. The highest BCUT2D eigenvalue weighted by atomic mass is 35.5. The standard InChI is InChI=1S/C20H18ClNO4/c1-10-5-6-12(7-11(10)2)17-18(20(24)19(17)23)22-14-8-13(21)15(25-3)9-16(14)26-4/h5-9,22H,1-4H3. The SMILES string of the molecule is COc1cc(OC)c(Nc2c(-c3ccc(C)c(C)c3)c(=O)c2=O)cc1Cl. The van der Waals surface area contributed by atoms with Gasteiger partial charge in [-0.25, -0.2) is 0 Å². The van der Waals surface area contributed by atoms with Crippen LogP contribution in [-0.2, 0) is 0 Å². The number of anilines is 2. The zero-order chi connectivity index (χ0) is 19.0. The largest absolute Gasteiger partial charge is 0.495 e. The van der Waals surface area contributed by atoms with Crippen molar-refractivity contribution < 1.29 is 9.47 Å². The molecule has 0 aliphatic carbocycles. The Bertz CT molecular complexity index is 1060. The summed E-state index contributed by atoms with van der Waals surface area (Å²) in [6.07, 6.45) is 0. The van der Waals surface area contributed by atoms with E-state index in [-0.39, 0.29) is 5.69 Å². The molecular weight excluding hydrogens is 354 g/mol. The van der Waals surface area contributed by atoms with Crippen molar-refractivity contribution >= 4 is 23.0 Å². The molecule has 0 amide bonds. The highest BCUT2D eigenvalue weighted by molar-refractivity contribution is 6.32. The van der Waals surface area contributed by atoms with Gasteiger partial charge in [-0.2, -0.15) is 0 Å². The molecule has 0 saturated carbocycles. The maximum atomic E-state index is 12.2. The van der Waals surface area contributed by atoms with Gasteiger partial charge in [-0.1, -0.05) is 29.8 Å². The van der Waals surface area contributed by atoms with Gasteiger partial charge in [0, 0.05) is 6.07 Å². The first kappa shape index (κ1) is 18.0. The molecule has 0 aliphatic heterocycles. The molecule has 0 spiro atoms. The molecule has 26 heavy (non-hydrogen) atoms. The van der Waals surface area contributed by atoms with Crippen molar-refractivity contribution in [1.29, 1.82) is 0 Å². The predicted octanol–water partition coefficient (Wildman–Crippen LogP) is 3.98. The van der Waals surface area contributed by atoms with E-state index in [2.05, 4.69) is 5.32 Å². The van der Waals surface area contributed by atoms with E-state index in [1.807, 2.05) is 32.0 Å². The van der Waals surface area contributed by atoms with E-state index in [1.54, 1.807) is 12.1 Å². The van der Waals surface area contributed by atoms with E-state index in [0.717, 1.165) is 11.1 Å². The lowest BCUT2D eigenvalue weighted by molar-refractivity contribution is 0.396. The summed E-state index contributed by atoms with van der Waals surface area (Å²) < 4.78 is 10.5. The van der Waals surface area contributed by atoms with Gasteiger partial charge in [0.1, 0.15) is 17.2 Å². The van der Waals surface area contributed by atoms with Crippen LogP contribution in [-0.4, -0.2) is 14.2 Å². The first-order valence-electron chi connectivity index (χ1n) is 7.96. The summed E-state index contributed by atoms with van der Waals surface area (Å²) >= 11 is 6.17. The van der Waals surface area contributed by atoms with Gasteiger partial charge in [-0.05, 0) is 36.6 Å². The molecule has 5 nitrogen and oxygen atoms in total. The molecule has 0 fully saturated rings. The van der Waals surface area contributed by atoms with E-state index in [9.17, 15) is 9.59 Å². The van der Waals surface area contributed by atoms with Gasteiger partial charge in [-0.15, -0.1) is 0 Å². The van der Waals surface area contributed by atoms with Crippen molar-refractivity contribution in [1.82, 2.24) is 0 Å². The Kier molecular flexibility index (Phi) is 4.74. The van der Waals surface area contributed by atoms with Crippen molar-refractivity contribution in [3.05, 3.63) is 66.9 Å². The predicted molar refractivity (Wildman–Crippen MR) is 104 cm³/mol. The van der Waals surface area contributed by atoms with Crippen molar-refractivity contribution in [3.63, 3.8) is 0 Å². The topological polar surface area (TPSA) is 64.6 Å². The monoisotopic (exact) mass is 371 g/mol. The Labute approximate surface area is 155 Å². The summed E-state index contributed by atoms with van der Waals surface area (Å²) in [5.74, 6) is 0.902. The number of benzene rings is 2. The lowest BCUT2D eigenvalue weighted by Crippen LogP contribution is -2.35. The van der Waals surface area contributed by atoms with Crippen molar-refractivity contribution in [3.8, 4) is 22.6 Å². The van der Waals surface area contributed by atoms with Crippen molar-refractivity contribution in [2.24, 2.45) is 0 Å². The second kappa shape index (κ2) is 6.84. The fourth-order valence-electron chi connectivity index (χ4n) is 2.78. The number of halogens is 1. The molecule has 0 heterocycles. The second-order valence-corrected chi connectivity index (χ2v) is 6.43. The zero-order valence-electron chi connectivity index (χ0n) is 14.9. The summed E-state index contributed by atoms with van der Waals surface area (Å²) in [5, 5.41) is 3.36. The molecule has 0 unspecified atom stereocenters. The lowest BCUT2D eigenvalue weighted by atomic mass is 9.95. The Morgan fingerprint density at radius 3 is 2.19 bits per heavy atom. The van der Waals surface area contributed by atoms with Crippen LogP contribution in [0.1, 0.15) is 11.1 Å². The van der Waals surface area contributed by atoms with Gasteiger partial charge in [0.15, 0.2) is 0 Å². The van der Waals surface area contributed by atoms with Gasteiger partial charge >= 0.3 is 0 Å². The summed E-state index contributed by atoms with van der Waals surface area (Å²) in [4.78, 5) is 24.3. The first-order chi connectivity index (χ1) is 12.4. The molecule has 0 radical (unpaired) electrons. The number of methoxy groups -OCH3 is 2. The molecule has 0 aromatic heterocycles. The maximum absolute atomic E-state index is 12.2. The van der Waals surface area contributed by atoms with Crippen LogP contribution in [0.2, 0.25) is 5.02 Å². The van der Waals surface area contributed by atoms with E-state index in [1.165, 1.54) is 14.2 Å². The van der Waals surface area contributed by atoms with Crippen molar-refractivity contribution in [2.75, 3.05) is 19.5 Å². The molecule has 0 aliphatic rings. The molecule has 3 aromatic rings. The van der Waals surface area contributed by atoms with Crippen LogP contribution in [0.3, 0.4) is 0 Å². The highest BCUT2D eigenvalue weighted by Gasteiger charge is 2.24. The summed E-state index contributed by atoms with van der Waals surface area (Å²) in [5.41, 5.74) is 2.89. The quantitative estimate of drug-likeness (QED) is 0.687. The van der Waals surface area contributed by atoms with Crippen LogP contribution in [0.5, 0.6) is 11.5 Å². The molecule has 0 bridgehead atoms. The molecule has 3 aromatic carbocycles. The van der Waals surface area contributed by atoms with Crippen LogP contribution in [0.4, 0.5) is 11.4 Å². The number of rotatable bonds is 5. The third kappa shape index (κ3) is 2.95. The minimum absolute atomic E-state index is 0.234. The van der Waals surface area contributed by atoms with E-state index < -0.39 is 10.9 Å². The molecule has 1 N–H and O–H groups in total. The Morgan fingerprint density at radius 2 is 1.58 bits per heavy atom. The molecule has 134 valence electrons. The van der Waals surface area contributed by atoms with E-state index in [4.69, 9.17) is 21.1 Å². The van der Waals surface area contributed by atoms with Crippen LogP contribution in [0.25, 0.3) is 11.1 Å². The van der Waals surface area contributed by atoms with Gasteiger partial charge in [-0.3, -0.25) is 9.59 Å². The van der Waals surface area contributed by atoms with Gasteiger partial charge in [0.05, 0.1) is 30.5 Å². The van der Waals surface area contributed by atoms with E-state index in [0.29, 0.717) is 33.3 Å². The number of ether oxygens (including phenoxy) is 2. The number of hydrogen-bond donors (Lipinski definition) is 1. The molecule has 6 heteroatoms. The summed E-state index contributed by atoms with van der Waals surface area (Å²) in [7, 11) is 3.00. The molecule has 0 saturated heterocycles. The average Bonchev–Trinajstić information content (AvgIpc) is 2.63. The second-order valence-electron chi connectivity index (χ2n) is 6.02. The number of nitrogens with one attached hydrogen (secondary N) is 1. The van der Waals surface area contributed by atoms with Crippen LogP contribution < -0.4 is 25.6 Å². The maximum Gasteiger partial charge on any atom is 0.250 e. The zero-order valence-corrected chi connectivity index (χ0v) is 15.7. The first-order valence-corrected chi connectivity index (χ1v) is 8.34. The fraction of sp³-hybridized carbons (Fsp3) is 0.200. The Hall–Kier alpha value is -2.79. The smallest absolute Gasteiger partial charge is 0.250 e. The minimum Gasteiger partial charge on any atom is -0.495 e. The fourth-order valence-corrected chi connectivity index (χ4v) is 3.02. The van der Waals surface area contributed by atoms with E-state index >= 15 is 0 Å². The molecule has 3 rings (SSSR count). The van der Waals surface area contributed by atoms with Gasteiger partial charge in [0.25, 0.3) is 5.43 Å². The van der Waals surface area contributed by atoms with Gasteiger partial charge < -0.3 is 14.8 Å². The molecular formula is C20H18ClNO4. The summed E-state index contributed by atoms with van der Waals surface area (Å²) in [6, 6.07) is 8.87. The molecule has 0 atom stereocenters. The Balaban J connectivity index is 2.06. The average molecular weight is 372 g/mol. The highest BCUT2D eigenvalue weighted by Crippen LogP contribution is 2.38. The normalized spacial score (nSPS) is 10.8. The van der Waals surface area contributed by atoms with Gasteiger partial charge in [0.2, 0.25) is 5.43 Å². The lowest BCUT2D eigenvalue weighted by Gasteiger charge is -2.17.